The molecule has 1 aromatic heterocycles. The van der Waals surface area contributed by atoms with E-state index in [1.165, 1.54) is 10.2 Å². The molecule has 2 nitrogen and oxygen atoms in total. The molecule has 1 atom stereocenters. The van der Waals surface area contributed by atoms with Crippen LogP contribution in [0.25, 0.3) is 0 Å². The molecule has 19 heavy (non-hydrogen) atoms. The van der Waals surface area contributed by atoms with E-state index in [-0.39, 0.29) is 6.04 Å². The lowest BCUT2D eigenvalue weighted by Crippen LogP contribution is -2.35. The Bertz CT molecular complexity index is 517. The van der Waals surface area contributed by atoms with Crippen LogP contribution in [0.3, 0.4) is 0 Å². The summed E-state index contributed by atoms with van der Waals surface area (Å²) in [5, 5.41) is 0. The van der Waals surface area contributed by atoms with Crippen molar-refractivity contribution in [2.45, 2.75) is 46.1 Å². The van der Waals surface area contributed by atoms with Crippen LogP contribution < -0.4 is 0 Å². The van der Waals surface area contributed by atoms with Crippen LogP contribution in [-0.4, -0.2) is 28.6 Å². The molecule has 0 spiro atoms. The number of aromatic nitrogens is 1. The fourth-order valence-corrected chi connectivity index (χ4v) is 2.75. The number of hydrogen-bond acceptors (Lipinski definition) is 0. The fraction of sp³-hybridized carbons (Fsp3) is 0.500. The molecular formula is C14H20BF2N2+. The zero-order valence-electron chi connectivity index (χ0n) is 11.7. The molecule has 0 saturated heterocycles. The number of allylic oxidation sites excluding steroid dienone is 1. The van der Waals surface area contributed by atoms with Crippen molar-refractivity contribution in [1.82, 2.24) is 4.98 Å². The van der Waals surface area contributed by atoms with Crippen LogP contribution in [-0.2, 0) is 12.8 Å². The van der Waals surface area contributed by atoms with Gasteiger partial charge in [-0.25, -0.2) is 13.1 Å². The van der Waals surface area contributed by atoms with Gasteiger partial charge in [0.15, 0.2) is 11.8 Å². The van der Waals surface area contributed by atoms with Crippen molar-refractivity contribution in [2.24, 2.45) is 0 Å². The van der Waals surface area contributed by atoms with E-state index in [1.807, 2.05) is 19.1 Å². The summed E-state index contributed by atoms with van der Waals surface area (Å²) in [5.41, 5.74) is 3.87. The molecule has 102 valence electrons. The third kappa shape index (κ3) is 2.96. The summed E-state index contributed by atoms with van der Waals surface area (Å²) in [6.07, 6.45) is 4.54. The average molecular weight is 265 g/mol. The zero-order chi connectivity index (χ0) is 14.0. The predicted octanol–water partition coefficient (Wildman–Crippen LogP) is 3.24. The van der Waals surface area contributed by atoms with E-state index < -0.39 is 7.40 Å². The molecule has 0 fully saturated rings. The Morgan fingerprint density at radius 1 is 1.26 bits per heavy atom. The Labute approximate surface area is 113 Å². The van der Waals surface area contributed by atoms with Crippen LogP contribution >= 0.6 is 0 Å². The molecule has 1 aliphatic rings. The Balaban J connectivity index is 2.15. The van der Waals surface area contributed by atoms with Crippen LogP contribution in [0.1, 0.15) is 38.6 Å². The van der Waals surface area contributed by atoms with Crippen LogP contribution in [0.15, 0.2) is 23.8 Å². The Morgan fingerprint density at radius 3 is 2.58 bits per heavy atom. The average Bonchev–Trinajstić information content (AvgIpc) is 2.86. The van der Waals surface area contributed by atoms with Crippen LogP contribution in [0.5, 0.6) is 0 Å². The maximum Gasteiger partial charge on any atom is 0.929 e. The van der Waals surface area contributed by atoms with Gasteiger partial charge in [0, 0.05) is 24.4 Å². The predicted molar refractivity (Wildman–Crippen MR) is 74.9 cm³/mol. The molecule has 5 heteroatoms. The van der Waals surface area contributed by atoms with Crippen molar-refractivity contribution in [2.75, 3.05) is 0 Å². The van der Waals surface area contributed by atoms with Crippen molar-refractivity contribution >= 4 is 13.1 Å². The molecule has 1 unspecified atom stereocenters. The van der Waals surface area contributed by atoms with Gasteiger partial charge in [-0.1, -0.05) is 13.3 Å². The normalized spacial score (nSPS) is 19.0. The van der Waals surface area contributed by atoms with E-state index in [4.69, 9.17) is 0 Å². The number of H-pyrrole nitrogens is 1. The molecule has 0 aromatic carbocycles. The number of halogens is 2. The summed E-state index contributed by atoms with van der Waals surface area (Å²) >= 11 is 0. The van der Waals surface area contributed by atoms with Crippen LogP contribution in [0.4, 0.5) is 8.63 Å². The molecule has 1 N–H and O–H groups in total. The number of aryl methyl sites for hydroxylation is 1. The minimum atomic E-state index is -2.44. The summed E-state index contributed by atoms with van der Waals surface area (Å²) in [6.45, 7) is 5.79. The van der Waals surface area contributed by atoms with E-state index >= 15 is 0 Å². The summed E-state index contributed by atoms with van der Waals surface area (Å²) in [5.74, 6) is 0. The summed E-state index contributed by atoms with van der Waals surface area (Å²) in [6, 6.07) is 3.83. The van der Waals surface area contributed by atoms with E-state index in [0.717, 1.165) is 24.1 Å². The van der Waals surface area contributed by atoms with Gasteiger partial charge in [0.2, 0.25) is 0 Å². The smallest absolute Gasteiger partial charge is 0.362 e. The minimum absolute atomic E-state index is 0.229. The van der Waals surface area contributed by atoms with Crippen LogP contribution in [0, 0.1) is 0 Å². The molecule has 2 rings (SSSR count). The highest BCUT2D eigenvalue weighted by Gasteiger charge is 2.44. The molecule has 1 aromatic rings. The van der Waals surface area contributed by atoms with Gasteiger partial charge in [-0.2, -0.15) is 0 Å². The van der Waals surface area contributed by atoms with Crippen molar-refractivity contribution in [3.63, 3.8) is 0 Å². The number of aromatic amines is 1. The summed E-state index contributed by atoms with van der Waals surface area (Å²) in [4.78, 5) is 3.33. The lowest BCUT2D eigenvalue weighted by Gasteiger charge is -2.11. The van der Waals surface area contributed by atoms with Crippen molar-refractivity contribution in [1.29, 1.82) is 0 Å². The standard InChI is InChI=1S/C14H20BF2N2/c1-4-5-12-6-7-13(18-12)9-14-10(2)8-11(3)19(14)15(16)17/h6-8,14,18H,4-5,9H2,1-3H3/q+1. The Morgan fingerprint density at radius 2 is 1.95 bits per heavy atom. The minimum Gasteiger partial charge on any atom is -0.362 e. The highest BCUT2D eigenvalue weighted by atomic mass is 19.2. The first-order valence-electron chi connectivity index (χ1n) is 6.78. The topological polar surface area (TPSA) is 18.8 Å². The first-order valence-corrected chi connectivity index (χ1v) is 6.78. The Hall–Kier alpha value is -1.39. The maximum absolute atomic E-state index is 13.1. The number of hydrogen-bond donors (Lipinski definition) is 1. The van der Waals surface area contributed by atoms with Gasteiger partial charge in [0.1, 0.15) is 0 Å². The number of nitrogens with zero attached hydrogens (tertiary/aromatic N) is 1. The highest BCUT2D eigenvalue weighted by Crippen LogP contribution is 2.21. The second-order valence-electron chi connectivity index (χ2n) is 5.19. The second kappa shape index (κ2) is 5.72. The maximum atomic E-state index is 13.1. The highest BCUT2D eigenvalue weighted by molar-refractivity contribution is 6.34. The first-order chi connectivity index (χ1) is 9.02. The summed E-state index contributed by atoms with van der Waals surface area (Å²) in [7, 11) is -2.44. The molecular weight excluding hydrogens is 245 g/mol. The molecule has 1 aliphatic heterocycles. The van der Waals surface area contributed by atoms with Gasteiger partial charge in [-0.15, -0.1) is 0 Å². The first kappa shape index (κ1) is 14.0. The fourth-order valence-electron chi connectivity index (χ4n) is 2.75. The molecule has 0 aliphatic carbocycles. The van der Waals surface area contributed by atoms with Crippen molar-refractivity contribution < 1.29 is 13.1 Å². The number of nitrogens with one attached hydrogen (secondary N) is 1. The van der Waals surface area contributed by atoms with Gasteiger partial charge in [-0.05, 0) is 31.1 Å². The molecule has 0 radical (unpaired) electrons. The van der Waals surface area contributed by atoms with Gasteiger partial charge < -0.3 is 4.98 Å². The van der Waals surface area contributed by atoms with E-state index in [2.05, 4.69) is 18.0 Å². The molecule has 2 heterocycles. The van der Waals surface area contributed by atoms with Gasteiger partial charge >= 0.3 is 7.40 Å². The SMILES string of the molecule is CCCc1ccc(CC2C(C)=CC(C)=[N+]2B(F)F)[nH]1. The number of rotatable bonds is 5. The monoisotopic (exact) mass is 265 g/mol. The van der Waals surface area contributed by atoms with E-state index in [1.54, 1.807) is 6.92 Å². The third-order valence-electron chi connectivity index (χ3n) is 3.65. The lowest BCUT2D eigenvalue weighted by molar-refractivity contribution is -0.439. The van der Waals surface area contributed by atoms with E-state index in [9.17, 15) is 8.63 Å². The van der Waals surface area contributed by atoms with Gasteiger partial charge in [0.25, 0.3) is 0 Å². The molecule has 0 saturated carbocycles. The third-order valence-corrected chi connectivity index (χ3v) is 3.65. The van der Waals surface area contributed by atoms with Crippen LogP contribution in [0.2, 0.25) is 0 Å². The quantitative estimate of drug-likeness (QED) is 0.788. The summed E-state index contributed by atoms with van der Waals surface area (Å²) < 4.78 is 27.4. The lowest BCUT2D eigenvalue weighted by atomic mass is 10.0. The molecule has 0 amide bonds. The van der Waals surface area contributed by atoms with Gasteiger partial charge in [0.05, 0.1) is 6.42 Å². The second-order valence-corrected chi connectivity index (χ2v) is 5.19. The largest absolute Gasteiger partial charge is 0.929 e. The van der Waals surface area contributed by atoms with Crippen molar-refractivity contribution in [3.05, 3.63) is 35.2 Å². The van der Waals surface area contributed by atoms with E-state index in [0.29, 0.717) is 12.1 Å². The van der Waals surface area contributed by atoms with Crippen molar-refractivity contribution in [3.8, 4) is 0 Å². The zero-order valence-corrected chi connectivity index (χ0v) is 11.7. The molecule has 0 bridgehead atoms. The van der Waals surface area contributed by atoms with Gasteiger partial charge in [-0.3, -0.25) is 0 Å². The Kier molecular flexibility index (Phi) is 4.22.